The summed E-state index contributed by atoms with van der Waals surface area (Å²) in [6, 6.07) is 14.9. The molecule has 0 bridgehead atoms. The first kappa shape index (κ1) is 15.7. The maximum Gasteiger partial charge on any atom is 0.0501 e. The molecule has 0 unspecified atom stereocenters. The molecule has 0 aliphatic carbocycles. The molecule has 4 heteroatoms. The van der Waals surface area contributed by atoms with Crippen molar-refractivity contribution in [2.75, 3.05) is 26.4 Å². The number of hydrogen-bond acceptors (Lipinski definition) is 4. The number of aliphatic hydroxyl groups excluding tert-OH is 1. The third-order valence-electron chi connectivity index (χ3n) is 4.41. The summed E-state index contributed by atoms with van der Waals surface area (Å²) in [5, 5.41) is 13.2. The van der Waals surface area contributed by atoms with E-state index in [2.05, 4.69) is 41.7 Å². The van der Waals surface area contributed by atoms with Crippen LogP contribution in [0.1, 0.15) is 17.7 Å². The third-order valence-corrected chi connectivity index (χ3v) is 5.54. The summed E-state index contributed by atoms with van der Waals surface area (Å²) in [6.07, 6.45) is 1.88. The van der Waals surface area contributed by atoms with Crippen LogP contribution >= 0.6 is 11.3 Å². The molecular weight excluding hydrogens is 294 g/mol. The van der Waals surface area contributed by atoms with Gasteiger partial charge in [0.15, 0.2) is 0 Å². The molecule has 3 rings (SSSR count). The van der Waals surface area contributed by atoms with E-state index in [0.717, 1.165) is 39.1 Å². The van der Waals surface area contributed by atoms with Gasteiger partial charge in [-0.05, 0) is 30.5 Å². The molecule has 118 valence electrons. The van der Waals surface area contributed by atoms with Crippen molar-refractivity contribution in [1.82, 2.24) is 5.32 Å². The monoisotopic (exact) mass is 317 g/mol. The molecule has 1 saturated heterocycles. The van der Waals surface area contributed by atoms with Gasteiger partial charge in [0.25, 0.3) is 0 Å². The quantitative estimate of drug-likeness (QED) is 0.859. The fourth-order valence-corrected chi connectivity index (χ4v) is 3.86. The van der Waals surface area contributed by atoms with Crippen LogP contribution in [0, 0.1) is 5.41 Å². The van der Waals surface area contributed by atoms with Gasteiger partial charge in [-0.2, -0.15) is 0 Å². The first-order valence-corrected chi connectivity index (χ1v) is 8.66. The molecule has 1 aromatic heterocycles. The minimum atomic E-state index is -0.00221. The van der Waals surface area contributed by atoms with Gasteiger partial charge in [0.1, 0.15) is 0 Å². The number of benzene rings is 1. The van der Waals surface area contributed by atoms with Crippen molar-refractivity contribution in [3.05, 3.63) is 47.3 Å². The van der Waals surface area contributed by atoms with Crippen LogP contribution in [0.3, 0.4) is 0 Å². The summed E-state index contributed by atoms with van der Waals surface area (Å²) in [4.78, 5) is 2.64. The van der Waals surface area contributed by atoms with Gasteiger partial charge in [-0.3, -0.25) is 0 Å². The van der Waals surface area contributed by atoms with Gasteiger partial charge in [0, 0.05) is 41.5 Å². The topological polar surface area (TPSA) is 41.5 Å². The molecule has 2 N–H and O–H groups in total. The summed E-state index contributed by atoms with van der Waals surface area (Å²) in [7, 11) is 0. The lowest BCUT2D eigenvalue weighted by atomic mass is 9.81. The van der Waals surface area contributed by atoms with Crippen molar-refractivity contribution in [2.24, 2.45) is 5.41 Å². The molecule has 1 aliphatic rings. The Balaban J connectivity index is 1.55. The van der Waals surface area contributed by atoms with Crippen LogP contribution in [0.5, 0.6) is 0 Å². The summed E-state index contributed by atoms with van der Waals surface area (Å²) in [5.74, 6) is 0. The largest absolute Gasteiger partial charge is 0.396 e. The zero-order valence-electron chi connectivity index (χ0n) is 12.8. The normalized spacial score (nSPS) is 17.5. The Bertz CT molecular complexity index is 576. The fraction of sp³-hybridized carbons (Fsp3) is 0.444. The molecule has 22 heavy (non-hydrogen) atoms. The van der Waals surface area contributed by atoms with Crippen molar-refractivity contribution < 1.29 is 9.84 Å². The van der Waals surface area contributed by atoms with E-state index in [1.54, 1.807) is 0 Å². The second-order valence-electron chi connectivity index (χ2n) is 6.01. The van der Waals surface area contributed by atoms with Crippen molar-refractivity contribution in [3.63, 3.8) is 0 Å². The van der Waals surface area contributed by atoms with Crippen molar-refractivity contribution in [1.29, 1.82) is 0 Å². The third kappa shape index (κ3) is 3.76. The molecule has 1 fully saturated rings. The number of rotatable bonds is 6. The van der Waals surface area contributed by atoms with E-state index in [0.29, 0.717) is 0 Å². The highest BCUT2D eigenvalue weighted by Gasteiger charge is 2.31. The molecule has 2 heterocycles. The minimum absolute atomic E-state index is 0.00221. The SMILES string of the molecule is OCC1(CNCc2ccc(-c3ccccc3)s2)CCOCC1. The highest BCUT2D eigenvalue weighted by atomic mass is 32.1. The number of hydrogen-bond donors (Lipinski definition) is 2. The van der Waals surface area contributed by atoms with E-state index < -0.39 is 0 Å². The smallest absolute Gasteiger partial charge is 0.0501 e. The molecule has 0 amide bonds. The molecule has 0 atom stereocenters. The van der Waals surface area contributed by atoms with Crippen LogP contribution in [0.25, 0.3) is 10.4 Å². The summed E-state index contributed by atoms with van der Waals surface area (Å²) < 4.78 is 5.41. The van der Waals surface area contributed by atoms with Crippen LogP contribution in [0.15, 0.2) is 42.5 Å². The zero-order valence-corrected chi connectivity index (χ0v) is 13.6. The average molecular weight is 317 g/mol. The van der Waals surface area contributed by atoms with Gasteiger partial charge in [-0.15, -0.1) is 11.3 Å². The standard InChI is InChI=1S/C18H23NO2S/c20-14-18(8-10-21-11-9-18)13-19-12-16-6-7-17(22-16)15-4-2-1-3-5-15/h1-7,19-20H,8-14H2. The highest BCUT2D eigenvalue weighted by molar-refractivity contribution is 7.15. The summed E-state index contributed by atoms with van der Waals surface area (Å²) >= 11 is 1.83. The molecule has 3 nitrogen and oxygen atoms in total. The number of thiophene rings is 1. The molecule has 1 aliphatic heterocycles. The Morgan fingerprint density at radius 1 is 1.09 bits per heavy atom. The fourth-order valence-electron chi connectivity index (χ4n) is 2.88. The first-order valence-electron chi connectivity index (χ1n) is 7.85. The maximum atomic E-state index is 9.70. The molecule has 0 spiro atoms. The molecule has 1 aromatic carbocycles. The molecule has 0 saturated carbocycles. The van der Waals surface area contributed by atoms with E-state index in [9.17, 15) is 5.11 Å². The predicted octanol–water partition coefficient (Wildman–Crippen LogP) is 3.29. The van der Waals surface area contributed by atoms with Gasteiger partial charge in [-0.25, -0.2) is 0 Å². The molecular formula is C18H23NO2S. The van der Waals surface area contributed by atoms with Crippen LogP contribution in [0.2, 0.25) is 0 Å². The zero-order chi connectivity index (χ0) is 15.3. The highest BCUT2D eigenvalue weighted by Crippen LogP contribution is 2.30. The van der Waals surface area contributed by atoms with E-state index in [4.69, 9.17) is 4.74 Å². The lowest BCUT2D eigenvalue weighted by molar-refractivity contribution is -0.0153. The molecule has 0 radical (unpaired) electrons. The average Bonchev–Trinajstić information content (AvgIpc) is 3.05. The van der Waals surface area contributed by atoms with Crippen LogP contribution in [-0.4, -0.2) is 31.5 Å². The van der Waals surface area contributed by atoms with Crippen molar-refractivity contribution in [2.45, 2.75) is 19.4 Å². The first-order chi connectivity index (χ1) is 10.8. The maximum absolute atomic E-state index is 9.70. The van der Waals surface area contributed by atoms with Gasteiger partial charge in [0.2, 0.25) is 0 Å². The number of ether oxygens (including phenoxy) is 1. The van der Waals surface area contributed by atoms with E-state index in [-0.39, 0.29) is 12.0 Å². The second kappa shape index (κ2) is 7.38. The van der Waals surface area contributed by atoms with Crippen LogP contribution in [0.4, 0.5) is 0 Å². The predicted molar refractivity (Wildman–Crippen MR) is 91.0 cm³/mol. The summed E-state index contributed by atoms with van der Waals surface area (Å²) in [6.45, 7) is 3.48. The lowest BCUT2D eigenvalue weighted by Gasteiger charge is -2.35. The van der Waals surface area contributed by atoms with E-state index in [1.807, 2.05) is 17.4 Å². The van der Waals surface area contributed by atoms with Gasteiger partial charge in [-0.1, -0.05) is 30.3 Å². The Labute approximate surface area is 136 Å². The number of aliphatic hydroxyl groups is 1. The molecule has 2 aromatic rings. The Hall–Kier alpha value is -1.20. The van der Waals surface area contributed by atoms with Crippen molar-refractivity contribution >= 4 is 11.3 Å². The Morgan fingerprint density at radius 3 is 2.59 bits per heavy atom. The second-order valence-corrected chi connectivity index (χ2v) is 7.17. The van der Waals surface area contributed by atoms with E-state index in [1.165, 1.54) is 15.3 Å². The van der Waals surface area contributed by atoms with Crippen LogP contribution < -0.4 is 5.32 Å². The Morgan fingerprint density at radius 2 is 1.86 bits per heavy atom. The number of nitrogens with one attached hydrogen (secondary N) is 1. The summed E-state index contributed by atoms with van der Waals surface area (Å²) in [5.41, 5.74) is 1.27. The lowest BCUT2D eigenvalue weighted by Crippen LogP contribution is -2.41. The Kier molecular flexibility index (Phi) is 5.26. The van der Waals surface area contributed by atoms with E-state index >= 15 is 0 Å². The minimum Gasteiger partial charge on any atom is -0.396 e. The van der Waals surface area contributed by atoms with Gasteiger partial charge < -0.3 is 15.2 Å². The van der Waals surface area contributed by atoms with Gasteiger partial charge >= 0.3 is 0 Å². The van der Waals surface area contributed by atoms with Crippen LogP contribution in [-0.2, 0) is 11.3 Å². The van der Waals surface area contributed by atoms with Gasteiger partial charge in [0.05, 0.1) is 6.61 Å². The van der Waals surface area contributed by atoms with Crippen molar-refractivity contribution in [3.8, 4) is 10.4 Å².